The molecule has 0 saturated heterocycles. The van der Waals surface area contributed by atoms with Gasteiger partial charge in [-0.3, -0.25) is 4.68 Å². The van der Waals surface area contributed by atoms with Crippen molar-refractivity contribution < 1.29 is 4.74 Å². The van der Waals surface area contributed by atoms with Crippen LogP contribution in [0.3, 0.4) is 0 Å². The van der Waals surface area contributed by atoms with Gasteiger partial charge in [0.15, 0.2) is 5.82 Å². The second kappa shape index (κ2) is 5.26. The lowest BCUT2D eigenvalue weighted by Crippen LogP contribution is -2.04. The molecule has 7 heteroatoms. The number of aromatic nitrogens is 4. The molecule has 0 aliphatic rings. The van der Waals surface area contributed by atoms with Crippen LogP contribution in [-0.4, -0.2) is 26.9 Å². The zero-order valence-electron chi connectivity index (χ0n) is 11.4. The Labute approximate surface area is 120 Å². The third-order valence-electron chi connectivity index (χ3n) is 2.96. The average Bonchev–Trinajstić information content (AvgIpc) is 2.59. The quantitative estimate of drug-likeness (QED) is 0.933. The lowest BCUT2D eigenvalue weighted by molar-refractivity contribution is 0.181. The highest BCUT2D eigenvalue weighted by Crippen LogP contribution is 2.28. The number of methoxy groups -OCH3 is 1. The third-order valence-corrected chi connectivity index (χ3v) is 3.82. The summed E-state index contributed by atoms with van der Waals surface area (Å²) in [6.07, 6.45) is 0. The summed E-state index contributed by atoms with van der Waals surface area (Å²) in [7, 11) is 3.51. The van der Waals surface area contributed by atoms with Crippen molar-refractivity contribution in [1.82, 2.24) is 19.7 Å². The molecule has 0 radical (unpaired) electrons. The molecule has 0 spiro atoms. The van der Waals surface area contributed by atoms with Crippen molar-refractivity contribution in [3.05, 3.63) is 21.6 Å². The number of hydrogen-bond donors (Lipinski definition) is 1. The molecular weight excluding hydrogens is 310 g/mol. The van der Waals surface area contributed by atoms with E-state index in [1.165, 1.54) is 0 Å². The summed E-state index contributed by atoms with van der Waals surface area (Å²) in [4.78, 5) is 8.84. The van der Waals surface area contributed by atoms with Crippen molar-refractivity contribution in [3.8, 4) is 11.4 Å². The van der Waals surface area contributed by atoms with Crippen molar-refractivity contribution in [3.63, 3.8) is 0 Å². The van der Waals surface area contributed by atoms with Gasteiger partial charge in [-0.05, 0) is 29.8 Å². The number of rotatable bonds is 3. The molecule has 0 bridgehead atoms. The third kappa shape index (κ3) is 2.48. The molecule has 0 aromatic carbocycles. The Morgan fingerprint density at radius 2 is 2.00 bits per heavy atom. The average molecular weight is 326 g/mol. The van der Waals surface area contributed by atoms with Crippen LogP contribution in [-0.2, 0) is 18.4 Å². The van der Waals surface area contributed by atoms with E-state index in [1.54, 1.807) is 7.11 Å². The minimum atomic E-state index is 0.374. The first-order valence-corrected chi connectivity index (χ1v) is 6.56. The molecule has 0 unspecified atom stereocenters. The molecule has 6 nitrogen and oxygen atoms in total. The fourth-order valence-electron chi connectivity index (χ4n) is 1.95. The van der Waals surface area contributed by atoms with E-state index >= 15 is 0 Å². The van der Waals surface area contributed by atoms with Crippen molar-refractivity contribution in [1.29, 1.82) is 0 Å². The summed E-state index contributed by atoms with van der Waals surface area (Å²) in [5.41, 5.74) is 9.44. The van der Waals surface area contributed by atoms with Crippen molar-refractivity contribution >= 4 is 21.7 Å². The lowest BCUT2D eigenvalue weighted by atomic mass is 10.2. The first-order chi connectivity index (χ1) is 8.95. The van der Waals surface area contributed by atoms with Crippen LogP contribution in [0.2, 0.25) is 0 Å². The zero-order chi connectivity index (χ0) is 14.2. The van der Waals surface area contributed by atoms with Gasteiger partial charge < -0.3 is 10.5 Å². The van der Waals surface area contributed by atoms with Crippen LogP contribution in [0.25, 0.3) is 11.4 Å². The van der Waals surface area contributed by atoms with Gasteiger partial charge in [-0.15, -0.1) is 0 Å². The maximum Gasteiger partial charge on any atom is 0.165 e. The second-order valence-electron chi connectivity index (χ2n) is 4.30. The van der Waals surface area contributed by atoms with Gasteiger partial charge in [0.25, 0.3) is 0 Å². The van der Waals surface area contributed by atoms with Gasteiger partial charge in [-0.1, -0.05) is 0 Å². The van der Waals surface area contributed by atoms with Crippen molar-refractivity contribution in [2.45, 2.75) is 20.5 Å². The van der Waals surface area contributed by atoms with Gasteiger partial charge in [-0.25, -0.2) is 9.97 Å². The van der Waals surface area contributed by atoms with Gasteiger partial charge in [0.2, 0.25) is 0 Å². The highest BCUT2D eigenvalue weighted by Gasteiger charge is 2.17. The van der Waals surface area contributed by atoms with E-state index in [2.05, 4.69) is 31.0 Å². The highest BCUT2D eigenvalue weighted by molar-refractivity contribution is 9.10. The first-order valence-electron chi connectivity index (χ1n) is 5.77. The Hall–Kier alpha value is -1.47. The zero-order valence-corrected chi connectivity index (χ0v) is 12.9. The molecular formula is C12H16BrN5O. The summed E-state index contributed by atoms with van der Waals surface area (Å²) < 4.78 is 7.61. The maximum atomic E-state index is 5.92. The fraction of sp³-hybridized carbons (Fsp3) is 0.417. The molecule has 2 aromatic rings. The lowest BCUT2D eigenvalue weighted by Gasteiger charge is -2.08. The number of hydrogen-bond acceptors (Lipinski definition) is 5. The van der Waals surface area contributed by atoms with E-state index in [0.29, 0.717) is 22.7 Å². The highest BCUT2D eigenvalue weighted by atomic mass is 79.9. The molecule has 102 valence electrons. The number of nitrogens with zero attached hydrogens (tertiary/aromatic N) is 4. The predicted molar refractivity (Wildman–Crippen MR) is 76.5 cm³/mol. The number of halogens is 1. The second-order valence-corrected chi connectivity index (χ2v) is 5.09. The monoisotopic (exact) mass is 325 g/mol. The van der Waals surface area contributed by atoms with Crippen molar-refractivity contribution in [2.24, 2.45) is 7.05 Å². The maximum absolute atomic E-state index is 5.92. The molecule has 2 heterocycles. The summed E-state index contributed by atoms with van der Waals surface area (Å²) in [6, 6.07) is 0. The minimum absolute atomic E-state index is 0.374. The number of aryl methyl sites for hydroxylation is 2. The summed E-state index contributed by atoms with van der Waals surface area (Å²) in [5.74, 6) is 0.982. The standard InChI is InChI=1S/C12H16BrN5O/c1-6-9(7(2)18(3)17-6)12-15-8(5-19-4)10(13)11(14)16-12/h5H2,1-4H3,(H2,14,15,16). The van der Waals surface area contributed by atoms with E-state index in [9.17, 15) is 0 Å². The Bertz CT molecular complexity index is 623. The molecule has 0 saturated carbocycles. The van der Waals surface area contributed by atoms with Crippen LogP contribution in [0.1, 0.15) is 17.1 Å². The van der Waals surface area contributed by atoms with Crippen LogP contribution in [0.4, 0.5) is 5.82 Å². The molecule has 2 rings (SSSR count). The molecule has 0 fully saturated rings. The minimum Gasteiger partial charge on any atom is -0.383 e. The molecule has 0 aliphatic carbocycles. The van der Waals surface area contributed by atoms with Gasteiger partial charge in [0.1, 0.15) is 5.82 Å². The Morgan fingerprint density at radius 3 is 2.53 bits per heavy atom. The molecule has 0 aliphatic heterocycles. The van der Waals surface area contributed by atoms with Gasteiger partial charge in [-0.2, -0.15) is 5.10 Å². The SMILES string of the molecule is COCc1nc(-c2c(C)nn(C)c2C)nc(N)c1Br. The number of nitrogens with two attached hydrogens (primary N) is 1. The fourth-order valence-corrected chi connectivity index (χ4v) is 2.25. The summed E-state index contributed by atoms with van der Waals surface area (Å²) in [5, 5.41) is 4.37. The van der Waals surface area contributed by atoms with E-state index in [1.807, 2.05) is 25.6 Å². The molecule has 2 N–H and O–H groups in total. The van der Waals surface area contributed by atoms with E-state index in [-0.39, 0.29) is 0 Å². The Morgan fingerprint density at radius 1 is 1.32 bits per heavy atom. The molecule has 19 heavy (non-hydrogen) atoms. The van der Waals surface area contributed by atoms with E-state index in [0.717, 1.165) is 22.6 Å². The smallest absolute Gasteiger partial charge is 0.165 e. The van der Waals surface area contributed by atoms with Crippen LogP contribution < -0.4 is 5.73 Å². The van der Waals surface area contributed by atoms with E-state index in [4.69, 9.17) is 10.5 Å². The normalized spacial score (nSPS) is 11.0. The largest absolute Gasteiger partial charge is 0.383 e. The molecule has 0 atom stereocenters. The van der Waals surface area contributed by atoms with Gasteiger partial charge >= 0.3 is 0 Å². The van der Waals surface area contributed by atoms with Gasteiger partial charge in [0.05, 0.1) is 28.0 Å². The molecule has 2 aromatic heterocycles. The van der Waals surface area contributed by atoms with Crippen LogP contribution in [0, 0.1) is 13.8 Å². The number of ether oxygens (including phenoxy) is 1. The Balaban J connectivity index is 2.62. The van der Waals surface area contributed by atoms with Gasteiger partial charge in [0, 0.05) is 19.9 Å². The first kappa shape index (κ1) is 14.0. The van der Waals surface area contributed by atoms with Crippen LogP contribution in [0.15, 0.2) is 4.47 Å². The van der Waals surface area contributed by atoms with Crippen LogP contribution >= 0.6 is 15.9 Å². The number of anilines is 1. The predicted octanol–water partition coefficient (Wildman–Crippen LogP) is 1.99. The topological polar surface area (TPSA) is 78.9 Å². The van der Waals surface area contributed by atoms with Crippen LogP contribution in [0.5, 0.6) is 0 Å². The Kier molecular flexibility index (Phi) is 3.86. The summed E-state index contributed by atoms with van der Waals surface area (Å²) in [6.45, 7) is 4.28. The molecule has 0 amide bonds. The number of nitrogen functional groups attached to an aromatic ring is 1. The van der Waals surface area contributed by atoms with Crippen molar-refractivity contribution in [2.75, 3.05) is 12.8 Å². The van der Waals surface area contributed by atoms with E-state index < -0.39 is 0 Å². The summed E-state index contributed by atoms with van der Waals surface area (Å²) >= 11 is 3.38.